The first-order chi connectivity index (χ1) is 9.54. The van der Waals surface area contributed by atoms with Gasteiger partial charge in [-0.25, -0.2) is 0 Å². The Bertz CT molecular complexity index is 577. The van der Waals surface area contributed by atoms with Crippen LogP contribution in [0.3, 0.4) is 0 Å². The summed E-state index contributed by atoms with van der Waals surface area (Å²) in [5.74, 6) is 0.863. The molecule has 1 heterocycles. The lowest BCUT2D eigenvalue weighted by Gasteiger charge is -2.13. The summed E-state index contributed by atoms with van der Waals surface area (Å²) < 4.78 is 6.81. The highest BCUT2D eigenvalue weighted by Crippen LogP contribution is 2.24. The van der Waals surface area contributed by atoms with Gasteiger partial charge in [0.1, 0.15) is 11.5 Å². The van der Waals surface area contributed by atoms with Crippen LogP contribution in [0.25, 0.3) is 11.3 Å². The largest absolute Gasteiger partial charge is 0.481 e. The van der Waals surface area contributed by atoms with Crippen LogP contribution in [0.15, 0.2) is 45.3 Å². The third-order valence-corrected chi connectivity index (χ3v) is 3.45. The molecule has 0 aliphatic rings. The van der Waals surface area contributed by atoms with Gasteiger partial charge in [-0.05, 0) is 31.3 Å². The van der Waals surface area contributed by atoms with Crippen molar-refractivity contribution in [3.05, 3.63) is 46.6 Å². The van der Waals surface area contributed by atoms with Crippen molar-refractivity contribution in [3.8, 4) is 11.3 Å². The predicted octanol–water partition coefficient (Wildman–Crippen LogP) is 3.62. The molecule has 2 aromatic rings. The summed E-state index contributed by atoms with van der Waals surface area (Å²) in [6.07, 6.45) is 0.136. The minimum atomic E-state index is -0.785. The van der Waals surface area contributed by atoms with Crippen molar-refractivity contribution in [2.75, 3.05) is 13.6 Å². The summed E-state index contributed by atoms with van der Waals surface area (Å²) in [7, 11) is 1.88. The standard InChI is InChI=1S/C15H16BrNO3/c1-17(9-8-15(18)19)10-13-6-7-14(20-13)11-2-4-12(16)5-3-11/h2-7H,8-10H2,1H3,(H,18,19). The number of rotatable bonds is 6. The van der Waals surface area contributed by atoms with E-state index in [1.54, 1.807) is 0 Å². The van der Waals surface area contributed by atoms with E-state index in [1.165, 1.54) is 0 Å². The summed E-state index contributed by atoms with van der Waals surface area (Å²) in [4.78, 5) is 12.4. The Hall–Kier alpha value is -1.59. The average molecular weight is 338 g/mol. The van der Waals surface area contributed by atoms with Crippen molar-refractivity contribution in [2.24, 2.45) is 0 Å². The summed E-state index contributed by atoms with van der Waals surface area (Å²) in [5.41, 5.74) is 1.02. The number of carboxylic acid groups (broad SMARTS) is 1. The van der Waals surface area contributed by atoms with E-state index in [9.17, 15) is 4.79 Å². The van der Waals surface area contributed by atoms with E-state index in [4.69, 9.17) is 9.52 Å². The lowest BCUT2D eigenvalue weighted by Crippen LogP contribution is -2.20. The minimum Gasteiger partial charge on any atom is -0.481 e. The van der Waals surface area contributed by atoms with Crippen molar-refractivity contribution >= 4 is 21.9 Å². The smallest absolute Gasteiger partial charge is 0.304 e. The zero-order valence-electron chi connectivity index (χ0n) is 11.2. The van der Waals surface area contributed by atoms with Crippen molar-refractivity contribution in [2.45, 2.75) is 13.0 Å². The molecule has 0 aliphatic heterocycles. The van der Waals surface area contributed by atoms with E-state index in [2.05, 4.69) is 15.9 Å². The molecular weight excluding hydrogens is 322 g/mol. The number of nitrogens with zero attached hydrogens (tertiary/aromatic N) is 1. The lowest BCUT2D eigenvalue weighted by atomic mass is 10.2. The van der Waals surface area contributed by atoms with Gasteiger partial charge >= 0.3 is 5.97 Å². The van der Waals surface area contributed by atoms with Crippen LogP contribution >= 0.6 is 15.9 Å². The zero-order chi connectivity index (χ0) is 14.5. The molecule has 1 aromatic carbocycles. The van der Waals surface area contributed by atoms with E-state index in [1.807, 2.05) is 48.3 Å². The first kappa shape index (κ1) is 14.8. The van der Waals surface area contributed by atoms with Gasteiger partial charge in [-0.15, -0.1) is 0 Å². The summed E-state index contributed by atoms with van der Waals surface area (Å²) in [6.45, 7) is 1.10. The molecule has 1 N–H and O–H groups in total. The van der Waals surface area contributed by atoms with Crippen LogP contribution in [0, 0.1) is 0 Å². The van der Waals surface area contributed by atoms with Gasteiger partial charge in [0.25, 0.3) is 0 Å². The summed E-state index contributed by atoms with van der Waals surface area (Å²) in [6, 6.07) is 11.8. The molecule has 0 unspecified atom stereocenters. The van der Waals surface area contributed by atoms with Gasteiger partial charge in [-0.2, -0.15) is 0 Å². The quantitative estimate of drug-likeness (QED) is 0.874. The molecule has 0 fully saturated rings. The fourth-order valence-electron chi connectivity index (χ4n) is 1.86. The number of hydrogen-bond acceptors (Lipinski definition) is 3. The van der Waals surface area contributed by atoms with E-state index in [-0.39, 0.29) is 6.42 Å². The molecule has 0 saturated carbocycles. The third kappa shape index (κ3) is 4.21. The Morgan fingerprint density at radius 2 is 1.95 bits per heavy atom. The van der Waals surface area contributed by atoms with Crippen LogP contribution in [0.5, 0.6) is 0 Å². The molecule has 0 bridgehead atoms. The molecule has 4 nitrogen and oxygen atoms in total. The highest BCUT2D eigenvalue weighted by molar-refractivity contribution is 9.10. The Morgan fingerprint density at radius 1 is 1.25 bits per heavy atom. The maximum absolute atomic E-state index is 10.5. The maximum atomic E-state index is 10.5. The van der Waals surface area contributed by atoms with Crippen LogP contribution in [-0.2, 0) is 11.3 Å². The van der Waals surface area contributed by atoms with Crippen LogP contribution in [0.2, 0.25) is 0 Å². The second-order valence-electron chi connectivity index (χ2n) is 4.65. The molecule has 1 aromatic heterocycles. The van der Waals surface area contributed by atoms with E-state index in [0.717, 1.165) is 21.6 Å². The molecule has 106 valence electrons. The van der Waals surface area contributed by atoms with Gasteiger partial charge in [-0.3, -0.25) is 9.69 Å². The van der Waals surface area contributed by atoms with Gasteiger partial charge in [-0.1, -0.05) is 28.1 Å². The predicted molar refractivity (Wildman–Crippen MR) is 80.4 cm³/mol. The molecule has 2 rings (SSSR count). The number of halogens is 1. The molecule has 0 amide bonds. The van der Waals surface area contributed by atoms with Crippen molar-refractivity contribution < 1.29 is 14.3 Å². The Balaban J connectivity index is 1.98. The number of benzene rings is 1. The highest BCUT2D eigenvalue weighted by Gasteiger charge is 2.08. The number of aliphatic carboxylic acids is 1. The summed E-state index contributed by atoms with van der Waals surface area (Å²) >= 11 is 3.40. The van der Waals surface area contributed by atoms with Gasteiger partial charge in [0.05, 0.1) is 13.0 Å². The SMILES string of the molecule is CN(CCC(=O)O)Cc1ccc(-c2ccc(Br)cc2)o1. The molecule has 0 spiro atoms. The van der Waals surface area contributed by atoms with Crippen LogP contribution < -0.4 is 0 Å². The number of carboxylic acids is 1. The Kier molecular flexibility index (Phi) is 4.98. The highest BCUT2D eigenvalue weighted by atomic mass is 79.9. The minimum absolute atomic E-state index is 0.136. The van der Waals surface area contributed by atoms with Crippen LogP contribution in [0.4, 0.5) is 0 Å². The zero-order valence-corrected chi connectivity index (χ0v) is 12.8. The maximum Gasteiger partial charge on any atom is 0.304 e. The molecule has 0 radical (unpaired) electrons. The number of carbonyl (C=O) groups is 1. The van der Waals surface area contributed by atoms with Crippen molar-refractivity contribution in [3.63, 3.8) is 0 Å². The van der Waals surface area contributed by atoms with E-state index in [0.29, 0.717) is 13.1 Å². The monoisotopic (exact) mass is 337 g/mol. The van der Waals surface area contributed by atoms with E-state index >= 15 is 0 Å². The van der Waals surface area contributed by atoms with Gasteiger partial charge in [0, 0.05) is 16.6 Å². The van der Waals surface area contributed by atoms with Crippen molar-refractivity contribution in [1.82, 2.24) is 4.90 Å². The normalized spacial score (nSPS) is 10.9. The topological polar surface area (TPSA) is 53.7 Å². The fourth-order valence-corrected chi connectivity index (χ4v) is 2.13. The molecular formula is C15H16BrNO3. The lowest BCUT2D eigenvalue weighted by molar-refractivity contribution is -0.137. The number of furan rings is 1. The van der Waals surface area contributed by atoms with Gasteiger partial charge < -0.3 is 9.52 Å². The Labute approximate surface area is 126 Å². The first-order valence-electron chi connectivity index (χ1n) is 6.29. The van der Waals surface area contributed by atoms with Crippen LogP contribution in [0.1, 0.15) is 12.2 Å². The van der Waals surface area contributed by atoms with Crippen molar-refractivity contribution in [1.29, 1.82) is 0 Å². The second-order valence-corrected chi connectivity index (χ2v) is 5.57. The molecule has 0 saturated heterocycles. The van der Waals surface area contributed by atoms with Crippen LogP contribution in [-0.4, -0.2) is 29.6 Å². The molecule has 5 heteroatoms. The third-order valence-electron chi connectivity index (χ3n) is 2.92. The summed E-state index contributed by atoms with van der Waals surface area (Å²) in [5, 5.41) is 8.65. The second kappa shape index (κ2) is 6.72. The average Bonchev–Trinajstić information content (AvgIpc) is 2.85. The fraction of sp³-hybridized carbons (Fsp3) is 0.267. The molecule has 0 atom stereocenters. The van der Waals surface area contributed by atoms with Gasteiger partial charge in [0.15, 0.2) is 0 Å². The molecule has 20 heavy (non-hydrogen) atoms. The number of hydrogen-bond donors (Lipinski definition) is 1. The van der Waals surface area contributed by atoms with E-state index < -0.39 is 5.97 Å². The Morgan fingerprint density at radius 3 is 2.60 bits per heavy atom. The van der Waals surface area contributed by atoms with Gasteiger partial charge in [0.2, 0.25) is 0 Å². The molecule has 0 aliphatic carbocycles. The first-order valence-corrected chi connectivity index (χ1v) is 7.09.